The third-order valence-corrected chi connectivity index (χ3v) is 3.69. The third-order valence-electron chi connectivity index (χ3n) is 3.69. The number of carbonyl (C=O) groups is 1. The van der Waals surface area contributed by atoms with Gasteiger partial charge in [0, 0.05) is 31.8 Å². The molecule has 0 fully saturated rings. The highest BCUT2D eigenvalue weighted by Gasteiger charge is 2.10. The minimum Gasteiger partial charge on any atom is -0.352 e. The van der Waals surface area contributed by atoms with E-state index in [1.54, 1.807) is 36.5 Å². The summed E-state index contributed by atoms with van der Waals surface area (Å²) >= 11 is 0. The van der Waals surface area contributed by atoms with Gasteiger partial charge in [-0.15, -0.1) is 0 Å². The largest absolute Gasteiger partial charge is 0.352 e. The maximum absolute atomic E-state index is 12.2. The lowest BCUT2D eigenvalue weighted by molar-refractivity contribution is -0.117. The van der Waals surface area contributed by atoms with E-state index in [1.807, 2.05) is 6.92 Å². The van der Waals surface area contributed by atoms with Gasteiger partial charge in [0.2, 0.25) is 0 Å². The predicted octanol–water partition coefficient (Wildman–Crippen LogP) is 4.60. The highest BCUT2D eigenvalue weighted by molar-refractivity contribution is 5.96. The van der Waals surface area contributed by atoms with Crippen LogP contribution < -0.4 is 5.32 Å². The van der Waals surface area contributed by atoms with Crippen LogP contribution in [0.5, 0.6) is 0 Å². The van der Waals surface area contributed by atoms with Gasteiger partial charge in [-0.3, -0.25) is 9.69 Å². The SMILES string of the molecule is C=C/C=C\C(=C/C=C)C(=O)NCCCN(CC(=C)C=C)CC(C)/C=C\C. The Morgan fingerprint density at radius 3 is 2.54 bits per heavy atom. The molecule has 0 aromatic rings. The number of nitrogens with zero attached hydrogens (tertiary/aromatic N) is 1. The number of allylic oxidation sites excluding steroid dienone is 5. The summed E-state index contributed by atoms with van der Waals surface area (Å²) in [6.07, 6.45) is 15.3. The lowest BCUT2D eigenvalue weighted by atomic mass is 10.1. The van der Waals surface area contributed by atoms with E-state index in [0.29, 0.717) is 18.0 Å². The van der Waals surface area contributed by atoms with Crippen molar-refractivity contribution in [1.82, 2.24) is 10.2 Å². The summed E-state index contributed by atoms with van der Waals surface area (Å²) in [5.74, 6) is 0.366. The average Bonchev–Trinajstić information content (AvgIpc) is 2.61. The van der Waals surface area contributed by atoms with Gasteiger partial charge in [-0.2, -0.15) is 0 Å². The molecule has 0 saturated heterocycles. The van der Waals surface area contributed by atoms with Crippen LogP contribution in [-0.4, -0.2) is 37.0 Å². The molecule has 0 aromatic carbocycles. The molecule has 1 unspecified atom stereocenters. The van der Waals surface area contributed by atoms with Crippen LogP contribution >= 0.6 is 0 Å². The molecule has 0 aliphatic rings. The van der Waals surface area contributed by atoms with Gasteiger partial charge in [0.15, 0.2) is 0 Å². The van der Waals surface area contributed by atoms with Crippen molar-refractivity contribution in [3.05, 3.63) is 86.1 Å². The number of nitrogens with one attached hydrogen (secondary N) is 1. The highest BCUT2D eigenvalue weighted by Crippen LogP contribution is 2.06. The summed E-state index contributed by atoms with van der Waals surface area (Å²) in [5, 5.41) is 2.95. The highest BCUT2D eigenvalue weighted by atomic mass is 16.1. The molecule has 0 rings (SSSR count). The van der Waals surface area contributed by atoms with E-state index in [2.05, 4.69) is 55.6 Å². The van der Waals surface area contributed by atoms with Crippen LogP contribution in [0.4, 0.5) is 0 Å². The molecular weight excluding hydrogens is 320 g/mol. The monoisotopic (exact) mass is 354 g/mol. The molecule has 26 heavy (non-hydrogen) atoms. The van der Waals surface area contributed by atoms with Crippen molar-refractivity contribution in [2.75, 3.05) is 26.2 Å². The van der Waals surface area contributed by atoms with Crippen molar-refractivity contribution in [2.24, 2.45) is 5.92 Å². The van der Waals surface area contributed by atoms with E-state index in [4.69, 9.17) is 0 Å². The van der Waals surface area contributed by atoms with Gasteiger partial charge < -0.3 is 5.32 Å². The minimum atomic E-state index is -0.104. The Bertz CT molecular complexity index is 567. The van der Waals surface area contributed by atoms with Gasteiger partial charge in [0.1, 0.15) is 0 Å². The first-order valence-electron chi connectivity index (χ1n) is 9.03. The minimum absolute atomic E-state index is 0.104. The van der Waals surface area contributed by atoms with Crippen LogP contribution in [0, 0.1) is 5.92 Å². The van der Waals surface area contributed by atoms with Gasteiger partial charge in [0.05, 0.1) is 0 Å². The Hall–Kier alpha value is -2.39. The average molecular weight is 355 g/mol. The number of carbonyl (C=O) groups excluding carboxylic acids is 1. The Morgan fingerprint density at radius 2 is 1.96 bits per heavy atom. The predicted molar refractivity (Wildman–Crippen MR) is 115 cm³/mol. The zero-order valence-electron chi connectivity index (χ0n) is 16.4. The normalized spacial score (nSPS) is 13.1. The summed E-state index contributed by atoms with van der Waals surface area (Å²) in [7, 11) is 0. The van der Waals surface area contributed by atoms with E-state index in [1.165, 1.54) is 0 Å². The molecule has 0 aliphatic heterocycles. The van der Waals surface area contributed by atoms with Gasteiger partial charge in [-0.1, -0.05) is 75.8 Å². The van der Waals surface area contributed by atoms with Gasteiger partial charge in [-0.25, -0.2) is 0 Å². The lowest BCUT2D eigenvalue weighted by Gasteiger charge is -2.25. The Kier molecular flexibility index (Phi) is 13.5. The van der Waals surface area contributed by atoms with Crippen molar-refractivity contribution in [2.45, 2.75) is 20.3 Å². The number of amides is 1. The molecule has 1 amide bonds. The molecule has 3 nitrogen and oxygen atoms in total. The Balaban J connectivity index is 4.57. The first-order valence-corrected chi connectivity index (χ1v) is 9.03. The first kappa shape index (κ1) is 23.6. The van der Waals surface area contributed by atoms with E-state index in [9.17, 15) is 4.79 Å². The molecular formula is C23H34N2O. The molecule has 0 saturated carbocycles. The summed E-state index contributed by atoms with van der Waals surface area (Å²) in [6, 6.07) is 0. The molecule has 3 heteroatoms. The molecule has 1 N–H and O–H groups in total. The topological polar surface area (TPSA) is 32.3 Å². The van der Waals surface area contributed by atoms with E-state index >= 15 is 0 Å². The Morgan fingerprint density at radius 1 is 1.23 bits per heavy atom. The van der Waals surface area contributed by atoms with E-state index in [0.717, 1.165) is 31.6 Å². The quantitative estimate of drug-likeness (QED) is 0.214. The van der Waals surface area contributed by atoms with Gasteiger partial charge in [-0.05, 0) is 30.9 Å². The zero-order chi connectivity index (χ0) is 19.8. The molecule has 0 spiro atoms. The van der Waals surface area contributed by atoms with Crippen LogP contribution in [0.15, 0.2) is 86.1 Å². The van der Waals surface area contributed by atoms with Crippen molar-refractivity contribution < 1.29 is 4.79 Å². The zero-order valence-corrected chi connectivity index (χ0v) is 16.4. The second kappa shape index (κ2) is 14.9. The summed E-state index contributed by atoms with van der Waals surface area (Å²) in [4.78, 5) is 14.6. The van der Waals surface area contributed by atoms with Crippen LogP contribution in [-0.2, 0) is 4.79 Å². The van der Waals surface area contributed by atoms with Crippen molar-refractivity contribution in [3.63, 3.8) is 0 Å². The van der Waals surface area contributed by atoms with Crippen LogP contribution in [0.25, 0.3) is 0 Å². The van der Waals surface area contributed by atoms with Crippen molar-refractivity contribution >= 4 is 5.91 Å². The molecule has 0 radical (unpaired) electrons. The van der Waals surface area contributed by atoms with Gasteiger partial charge in [0.25, 0.3) is 5.91 Å². The Labute approximate surface area is 159 Å². The summed E-state index contributed by atoms with van der Waals surface area (Å²) in [6.45, 7) is 22.5. The van der Waals surface area contributed by atoms with Crippen LogP contribution in [0.1, 0.15) is 20.3 Å². The van der Waals surface area contributed by atoms with E-state index in [-0.39, 0.29) is 5.91 Å². The number of hydrogen-bond acceptors (Lipinski definition) is 2. The van der Waals surface area contributed by atoms with Gasteiger partial charge >= 0.3 is 0 Å². The summed E-state index contributed by atoms with van der Waals surface area (Å²) in [5.41, 5.74) is 1.57. The second-order valence-electron chi connectivity index (χ2n) is 6.16. The molecule has 0 bridgehead atoms. The maximum atomic E-state index is 12.2. The fourth-order valence-electron chi connectivity index (χ4n) is 2.50. The molecule has 142 valence electrons. The molecule has 0 aliphatic carbocycles. The third kappa shape index (κ3) is 11.2. The molecule has 0 aromatic heterocycles. The fraction of sp³-hybridized carbons (Fsp3) is 0.348. The smallest absolute Gasteiger partial charge is 0.251 e. The van der Waals surface area contributed by atoms with Crippen LogP contribution in [0.3, 0.4) is 0 Å². The first-order chi connectivity index (χ1) is 12.5. The van der Waals surface area contributed by atoms with Crippen molar-refractivity contribution in [3.8, 4) is 0 Å². The molecule has 0 heterocycles. The number of hydrogen-bond donors (Lipinski definition) is 1. The standard InChI is InChI=1S/C23H34N2O/c1-7-11-15-22(14-9-3)23(26)24-16-12-17-25(18-20(5)10-4)19-21(6)13-8-2/h7-11,13-15,21H,1,3-5,12,16-19H2,2,6H3,(H,24,26)/b13-8-,15-11-,22-14+. The van der Waals surface area contributed by atoms with Crippen LogP contribution in [0.2, 0.25) is 0 Å². The fourth-order valence-corrected chi connectivity index (χ4v) is 2.50. The maximum Gasteiger partial charge on any atom is 0.251 e. The van der Waals surface area contributed by atoms with E-state index < -0.39 is 0 Å². The summed E-state index contributed by atoms with van der Waals surface area (Å²) < 4.78 is 0. The lowest BCUT2D eigenvalue weighted by Crippen LogP contribution is -2.33. The molecule has 1 atom stereocenters. The number of rotatable bonds is 14. The second-order valence-corrected chi connectivity index (χ2v) is 6.16. The van der Waals surface area contributed by atoms with Crippen molar-refractivity contribution in [1.29, 1.82) is 0 Å².